The molecule has 182 valence electrons. The van der Waals surface area contributed by atoms with Crippen LogP contribution in [0.15, 0.2) is 66.7 Å². The van der Waals surface area contributed by atoms with Gasteiger partial charge in [0, 0.05) is 12.0 Å². The van der Waals surface area contributed by atoms with E-state index in [1.807, 2.05) is 71.3 Å². The first-order valence-corrected chi connectivity index (χ1v) is 12.1. The van der Waals surface area contributed by atoms with Crippen LogP contribution in [0.2, 0.25) is 5.15 Å². The summed E-state index contributed by atoms with van der Waals surface area (Å²) in [6.45, 7) is 2.45. The van der Waals surface area contributed by atoms with E-state index in [-0.39, 0.29) is 6.61 Å². The third-order valence-electron chi connectivity index (χ3n) is 5.99. The first-order chi connectivity index (χ1) is 17.0. The van der Waals surface area contributed by atoms with Gasteiger partial charge in [-0.25, -0.2) is 9.78 Å². The van der Waals surface area contributed by atoms with Crippen LogP contribution in [-0.2, 0) is 29.1 Å². The molecule has 1 N–H and O–H groups in total. The fraction of sp³-hybridized carbons (Fsp3) is 0.286. The summed E-state index contributed by atoms with van der Waals surface area (Å²) in [5.74, 6) is 0.951. The van der Waals surface area contributed by atoms with Crippen molar-refractivity contribution < 1.29 is 19.4 Å². The molecule has 0 aliphatic heterocycles. The van der Waals surface area contributed by atoms with Gasteiger partial charge in [-0.2, -0.15) is 0 Å². The number of aryl methyl sites for hydroxylation is 1. The van der Waals surface area contributed by atoms with Gasteiger partial charge in [0.1, 0.15) is 22.4 Å². The van der Waals surface area contributed by atoms with Crippen molar-refractivity contribution in [2.45, 2.75) is 45.4 Å². The lowest BCUT2D eigenvalue weighted by Crippen LogP contribution is -2.20. The summed E-state index contributed by atoms with van der Waals surface area (Å²) < 4.78 is 13.1. The highest BCUT2D eigenvalue weighted by Crippen LogP contribution is 2.30. The number of aliphatic hydroxyl groups excluding tert-OH is 1. The number of ether oxygens (including phenoxy) is 2. The Morgan fingerprint density at radius 1 is 1.09 bits per heavy atom. The number of imidazole rings is 1. The Morgan fingerprint density at radius 3 is 2.54 bits per heavy atom. The standard InChI is InChI=1S/C28H29ClN2O4/c1-3-4-12-25-30-24(18-32)27(29)31(25)17-19-13-15-21(16-14-19)35-26(28(33)34-2)23-11-7-9-20-8-5-6-10-22(20)23/h5-11,13-16,26,32H,3-4,12,17-18H2,1-2H3. The predicted octanol–water partition coefficient (Wildman–Crippen LogP) is 5.87. The van der Waals surface area contributed by atoms with Crippen LogP contribution in [-0.4, -0.2) is 27.7 Å². The molecule has 0 radical (unpaired) electrons. The van der Waals surface area contributed by atoms with Crippen molar-refractivity contribution in [1.29, 1.82) is 0 Å². The number of fused-ring (bicyclic) bond motifs is 1. The molecule has 0 spiro atoms. The van der Waals surface area contributed by atoms with E-state index in [9.17, 15) is 9.90 Å². The van der Waals surface area contributed by atoms with E-state index >= 15 is 0 Å². The third kappa shape index (κ3) is 5.50. The minimum absolute atomic E-state index is 0.194. The van der Waals surface area contributed by atoms with Gasteiger partial charge in [0.2, 0.25) is 6.10 Å². The number of carbonyl (C=O) groups is 1. The average molecular weight is 493 g/mol. The number of aromatic nitrogens is 2. The number of unbranched alkanes of at least 4 members (excludes halogenated alkanes) is 1. The van der Waals surface area contributed by atoms with E-state index in [0.717, 1.165) is 47.0 Å². The fourth-order valence-corrected chi connectivity index (χ4v) is 4.39. The lowest BCUT2D eigenvalue weighted by molar-refractivity contribution is -0.149. The molecule has 0 amide bonds. The lowest BCUT2D eigenvalue weighted by atomic mass is 10.0. The Labute approximate surface area is 210 Å². The Hall–Kier alpha value is -3.35. The Morgan fingerprint density at radius 2 is 1.83 bits per heavy atom. The van der Waals surface area contributed by atoms with Crippen molar-refractivity contribution in [1.82, 2.24) is 9.55 Å². The van der Waals surface area contributed by atoms with E-state index in [2.05, 4.69) is 11.9 Å². The zero-order chi connectivity index (χ0) is 24.8. The first kappa shape index (κ1) is 24.8. The van der Waals surface area contributed by atoms with Gasteiger partial charge < -0.3 is 19.1 Å². The molecule has 1 aromatic heterocycles. The van der Waals surface area contributed by atoms with Gasteiger partial charge in [0.05, 0.1) is 20.3 Å². The molecule has 1 heterocycles. The predicted molar refractivity (Wildman–Crippen MR) is 137 cm³/mol. The van der Waals surface area contributed by atoms with Crippen LogP contribution in [0.5, 0.6) is 5.75 Å². The summed E-state index contributed by atoms with van der Waals surface area (Å²) in [7, 11) is 1.36. The molecule has 0 aliphatic rings. The molecule has 0 saturated heterocycles. The molecule has 0 bridgehead atoms. The SMILES string of the molecule is CCCCc1nc(CO)c(Cl)n1Cc1ccc(OC(C(=O)OC)c2cccc3ccccc23)cc1. The second-order valence-corrected chi connectivity index (χ2v) is 8.70. The maximum atomic E-state index is 12.7. The molecule has 35 heavy (non-hydrogen) atoms. The second kappa shape index (κ2) is 11.4. The number of hydrogen-bond acceptors (Lipinski definition) is 5. The van der Waals surface area contributed by atoms with Crippen LogP contribution < -0.4 is 4.74 Å². The highest BCUT2D eigenvalue weighted by Gasteiger charge is 2.25. The largest absolute Gasteiger partial charge is 0.474 e. The Balaban J connectivity index is 1.57. The van der Waals surface area contributed by atoms with Crippen LogP contribution in [0, 0.1) is 0 Å². The number of methoxy groups -OCH3 is 1. The third-order valence-corrected chi connectivity index (χ3v) is 6.42. The van der Waals surface area contributed by atoms with Gasteiger partial charge in [0.15, 0.2) is 0 Å². The minimum Gasteiger partial charge on any atom is -0.474 e. The number of rotatable bonds is 10. The van der Waals surface area contributed by atoms with Gasteiger partial charge in [-0.3, -0.25) is 0 Å². The molecule has 0 fully saturated rings. The molecule has 7 heteroatoms. The van der Waals surface area contributed by atoms with Crippen molar-refractivity contribution >= 4 is 28.3 Å². The van der Waals surface area contributed by atoms with Crippen LogP contribution in [0.25, 0.3) is 10.8 Å². The zero-order valence-electron chi connectivity index (χ0n) is 19.9. The molecule has 0 saturated carbocycles. The number of esters is 1. The van der Waals surface area contributed by atoms with Crippen molar-refractivity contribution in [2.24, 2.45) is 0 Å². The molecular weight excluding hydrogens is 464 g/mol. The molecule has 0 aliphatic carbocycles. The smallest absolute Gasteiger partial charge is 0.351 e. The van der Waals surface area contributed by atoms with Gasteiger partial charge >= 0.3 is 5.97 Å². The van der Waals surface area contributed by atoms with E-state index in [0.29, 0.717) is 23.1 Å². The number of hydrogen-bond donors (Lipinski definition) is 1. The number of aliphatic hydroxyl groups is 1. The zero-order valence-corrected chi connectivity index (χ0v) is 20.7. The van der Waals surface area contributed by atoms with Crippen molar-refractivity contribution in [2.75, 3.05) is 7.11 Å². The van der Waals surface area contributed by atoms with Crippen LogP contribution in [0.4, 0.5) is 0 Å². The van der Waals surface area contributed by atoms with E-state index in [1.165, 1.54) is 7.11 Å². The topological polar surface area (TPSA) is 73.6 Å². The molecule has 1 atom stereocenters. The Kier molecular flexibility index (Phi) is 8.06. The number of carbonyl (C=O) groups excluding carboxylic acids is 1. The van der Waals surface area contributed by atoms with Gasteiger partial charge in [-0.15, -0.1) is 0 Å². The van der Waals surface area contributed by atoms with E-state index < -0.39 is 12.1 Å². The van der Waals surface area contributed by atoms with E-state index in [4.69, 9.17) is 21.1 Å². The number of nitrogens with zero attached hydrogens (tertiary/aromatic N) is 2. The molecular formula is C28H29ClN2O4. The van der Waals surface area contributed by atoms with Crippen LogP contribution >= 0.6 is 11.6 Å². The summed E-state index contributed by atoms with van der Waals surface area (Å²) in [6.07, 6.45) is 1.94. The van der Waals surface area contributed by atoms with Crippen molar-refractivity contribution in [3.63, 3.8) is 0 Å². The number of benzene rings is 3. The molecule has 3 aromatic carbocycles. The van der Waals surface area contributed by atoms with Crippen LogP contribution in [0.3, 0.4) is 0 Å². The molecule has 4 aromatic rings. The van der Waals surface area contributed by atoms with E-state index in [1.54, 1.807) is 0 Å². The molecule has 6 nitrogen and oxygen atoms in total. The molecule has 4 rings (SSSR count). The summed E-state index contributed by atoms with van der Waals surface area (Å²) in [5, 5.41) is 12.0. The summed E-state index contributed by atoms with van der Waals surface area (Å²) in [4.78, 5) is 17.2. The average Bonchev–Trinajstić information content (AvgIpc) is 3.20. The second-order valence-electron chi connectivity index (χ2n) is 8.35. The van der Waals surface area contributed by atoms with Gasteiger partial charge in [-0.1, -0.05) is 79.5 Å². The van der Waals surface area contributed by atoms with Crippen molar-refractivity contribution in [3.05, 3.63) is 94.5 Å². The maximum absolute atomic E-state index is 12.7. The number of halogens is 1. The van der Waals surface area contributed by atoms with Gasteiger partial charge in [-0.05, 0) is 34.9 Å². The van der Waals surface area contributed by atoms with Crippen molar-refractivity contribution in [3.8, 4) is 5.75 Å². The summed E-state index contributed by atoms with van der Waals surface area (Å²) in [6, 6.07) is 21.2. The quantitative estimate of drug-likeness (QED) is 0.280. The Bertz CT molecular complexity index is 1300. The van der Waals surface area contributed by atoms with Gasteiger partial charge in [0.25, 0.3) is 0 Å². The normalized spacial score (nSPS) is 12.0. The minimum atomic E-state index is -0.896. The van der Waals surface area contributed by atoms with Crippen LogP contribution in [0.1, 0.15) is 48.5 Å². The highest BCUT2D eigenvalue weighted by molar-refractivity contribution is 6.30. The monoisotopic (exact) mass is 492 g/mol. The summed E-state index contributed by atoms with van der Waals surface area (Å²) >= 11 is 6.49. The lowest BCUT2D eigenvalue weighted by Gasteiger charge is -2.19. The summed E-state index contributed by atoms with van der Waals surface area (Å²) in [5.41, 5.74) is 2.24. The maximum Gasteiger partial charge on any atom is 0.351 e. The fourth-order valence-electron chi connectivity index (χ4n) is 4.14. The highest BCUT2D eigenvalue weighted by atomic mass is 35.5. The first-order valence-electron chi connectivity index (χ1n) is 11.7. The molecule has 1 unspecified atom stereocenters.